The summed E-state index contributed by atoms with van der Waals surface area (Å²) in [5, 5.41) is 0. The largest absolute Gasteiger partial charge is 0.462 e. The molecule has 0 saturated carbocycles. The number of esters is 3. The van der Waals surface area contributed by atoms with Gasteiger partial charge in [-0.2, -0.15) is 0 Å². The molecule has 0 aromatic rings. The molecule has 0 fully saturated rings. The van der Waals surface area contributed by atoms with Gasteiger partial charge in [0.2, 0.25) is 0 Å². The van der Waals surface area contributed by atoms with Crippen molar-refractivity contribution in [3.63, 3.8) is 0 Å². The summed E-state index contributed by atoms with van der Waals surface area (Å²) in [6.45, 7) is 6.23. The van der Waals surface area contributed by atoms with Gasteiger partial charge in [0.25, 0.3) is 0 Å². The molecule has 0 aliphatic heterocycles. The lowest BCUT2D eigenvalue weighted by Gasteiger charge is -2.18. The Balaban J connectivity index is 4.67. The van der Waals surface area contributed by atoms with Gasteiger partial charge in [-0.25, -0.2) is 0 Å². The van der Waals surface area contributed by atoms with E-state index in [4.69, 9.17) is 14.2 Å². The molecule has 0 rings (SSSR count). The van der Waals surface area contributed by atoms with Crippen LogP contribution in [0.5, 0.6) is 0 Å². The summed E-state index contributed by atoms with van der Waals surface area (Å²) in [5.41, 5.74) is 0. The van der Waals surface area contributed by atoms with Gasteiger partial charge in [-0.05, 0) is 109 Å². The molecule has 0 aromatic heterocycles. The van der Waals surface area contributed by atoms with Gasteiger partial charge < -0.3 is 14.2 Å². The van der Waals surface area contributed by atoms with Gasteiger partial charge in [-0.3, -0.25) is 14.4 Å². The second-order valence-corrected chi connectivity index (χ2v) is 17.2. The summed E-state index contributed by atoms with van der Waals surface area (Å²) in [6, 6.07) is 0. The maximum absolute atomic E-state index is 12.8. The normalized spacial score (nSPS) is 13.5. The first-order valence-electron chi connectivity index (χ1n) is 27.2. The quantitative estimate of drug-likeness (QED) is 0.0199. The van der Waals surface area contributed by atoms with Gasteiger partial charge in [0.15, 0.2) is 6.10 Å². The monoisotopic (exact) mass is 961 g/mol. The van der Waals surface area contributed by atoms with Gasteiger partial charge in [0.05, 0.1) is 0 Å². The number of carbonyl (C=O) groups excluding carboxylic acids is 3. The van der Waals surface area contributed by atoms with Crippen LogP contribution in [0.4, 0.5) is 0 Å². The summed E-state index contributed by atoms with van der Waals surface area (Å²) in [7, 11) is 0. The second kappa shape index (κ2) is 56.4. The molecule has 0 amide bonds. The smallest absolute Gasteiger partial charge is 0.306 e. The van der Waals surface area contributed by atoms with Crippen LogP contribution in [-0.2, 0) is 28.6 Å². The lowest BCUT2D eigenvalue weighted by Crippen LogP contribution is -2.30. The molecule has 6 nitrogen and oxygen atoms in total. The third kappa shape index (κ3) is 53.7. The van der Waals surface area contributed by atoms with E-state index in [0.29, 0.717) is 19.3 Å². The van der Waals surface area contributed by atoms with Crippen molar-refractivity contribution >= 4 is 17.9 Å². The zero-order valence-corrected chi connectivity index (χ0v) is 44.2. The number of hydrogen-bond donors (Lipinski definition) is 0. The topological polar surface area (TPSA) is 78.9 Å². The number of rotatable bonds is 46. The van der Waals surface area contributed by atoms with Crippen molar-refractivity contribution in [2.45, 2.75) is 200 Å². The van der Waals surface area contributed by atoms with Gasteiger partial charge in [0, 0.05) is 19.3 Å². The van der Waals surface area contributed by atoms with Crippen LogP contribution in [0.3, 0.4) is 0 Å². The summed E-state index contributed by atoms with van der Waals surface area (Å²) in [6.07, 6.45) is 83.4. The lowest BCUT2D eigenvalue weighted by molar-refractivity contribution is -0.167. The average molecular weight is 961 g/mol. The molecule has 0 N–H and O–H groups in total. The summed E-state index contributed by atoms with van der Waals surface area (Å²) in [5.74, 6) is -1.08. The zero-order valence-electron chi connectivity index (χ0n) is 44.2. The van der Waals surface area contributed by atoms with Crippen LogP contribution in [0, 0.1) is 0 Å². The molecule has 6 heteroatoms. The van der Waals surface area contributed by atoms with E-state index in [1.807, 2.05) is 72.9 Å². The summed E-state index contributed by atoms with van der Waals surface area (Å²) >= 11 is 0. The van der Waals surface area contributed by atoms with Gasteiger partial charge in [-0.1, -0.05) is 236 Å². The fourth-order valence-electron chi connectivity index (χ4n) is 6.61. The highest BCUT2D eigenvalue weighted by Crippen LogP contribution is 2.11. The summed E-state index contributed by atoms with van der Waals surface area (Å²) < 4.78 is 16.7. The van der Waals surface area contributed by atoms with Crippen LogP contribution in [0.15, 0.2) is 170 Å². The van der Waals surface area contributed by atoms with E-state index >= 15 is 0 Å². The first-order valence-corrected chi connectivity index (χ1v) is 27.2. The molecule has 388 valence electrons. The van der Waals surface area contributed by atoms with Crippen LogP contribution in [0.2, 0.25) is 0 Å². The molecule has 0 aromatic carbocycles. The summed E-state index contributed by atoms with van der Waals surface area (Å²) in [4.78, 5) is 38.1. The van der Waals surface area contributed by atoms with E-state index in [1.54, 1.807) is 0 Å². The van der Waals surface area contributed by atoms with Crippen LogP contribution >= 0.6 is 0 Å². The highest BCUT2D eigenvalue weighted by atomic mass is 16.6. The third-order valence-electron chi connectivity index (χ3n) is 10.6. The van der Waals surface area contributed by atoms with E-state index < -0.39 is 12.1 Å². The molecule has 1 unspecified atom stereocenters. The van der Waals surface area contributed by atoms with Gasteiger partial charge in [-0.15, -0.1) is 0 Å². The Labute approximate surface area is 428 Å². The van der Waals surface area contributed by atoms with Crippen LogP contribution in [-0.4, -0.2) is 37.2 Å². The van der Waals surface area contributed by atoms with E-state index in [9.17, 15) is 14.4 Å². The molecule has 0 aliphatic carbocycles. The van der Waals surface area contributed by atoms with Gasteiger partial charge >= 0.3 is 17.9 Å². The Bertz CT molecular complexity index is 1670. The van der Waals surface area contributed by atoms with Crippen molar-refractivity contribution in [1.29, 1.82) is 0 Å². The molecular formula is C64H96O6. The predicted octanol–water partition coefficient (Wildman–Crippen LogP) is 18.4. The van der Waals surface area contributed by atoms with Crippen LogP contribution < -0.4 is 0 Å². The van der Waals surface area contributed by atoms with Crippen molar-refractivity contribution in [3.05, 3.63) is 170 Å². The fourth-order valence-corrected chi connectivity index (χ4v) is 6.61. The molecule has 0 saturated heterocycles. The minimum absolute atomic E-state index is 0.139. The van der Waals surface area contributed by atoms with Crippen molar-refractivity contribution < 1.29 is 28.6 Å². The molecule has 0 radical (unpaired) electrons. The van der Waals surface area contributed by atoms with E-state index in [0.717, 1.165) is 96.3 Å². The van der Waals surface area contributed by atoms with E-state index in [2.05, 4.69) is 118 Å². The average Bonchev–Trinajstić information content (AvgIpc) is 3.36. The Morgan fingerprint density at radius 3 is 1.09 bits per heavy atom. The molecule has 1 atom stereocenters. The van der Waals surface area contributed by atoms with Crippen LogP contribution in [0.1, 0.15) is 194 Å². The van der Waals surface area contributed by atoms with E-state index in [-0.39, 0.29) is 38.0 Å². The molecular weight excluding hydrogens is 865 g/mol. The fraction of sp³-hybridized carbons (Fsp3) is 0.516. The minimum Gasteiger partial charge on any atom is -0.462 e. The Hall–Kier alpha value is -5.23. The number of allylic oxidation sites excluding steroid dienone is 28. The van der Waals surface area contributed by atoms with Crippen LogP contribution in [0.25, 0.3) is 0 Å². The van der Waals surface area contributed by atoms with Crippen molar-refractivity contribution in [2.75, 3.05) is 13.2 Å². The Kier molecular flexibility index (Phi) is 52.1. The maximum Gasteiger partial charge on any atom is 0.306 e. The molecule has 70 heavy (non-hydrogen) atoms. The number of ether oxygens (including phenoxy) is 3. The first-order chi connectivity index (χ1) is 34.5. The highest BCUT2D eigenvalue weighted by molar-refractivity contribution is 5.71. The van der Waals surface area contributed by atoms with Crippen molar-refractivity contribution in [2.24, 2.45) is 0 Å². The van der Waals surface area contributed by atoms with Crippen molar-refractivity contribution in [1.82, 2.24) is 0 Å². The Morgan fingerprint density at radius 1 is 0.314 bits per heavy atom. The molecule has 0 heterocycles. The molecule has 0 spiro atoms. The zero-order chi connectivity index (χ0) is 50.7. The SMILES string of the molecule is CC\C=C/C=C\C=C/C=C\C=C\C=C/C=C\CCCCCC(=O)OCC(COC(=O)CCCCC/C=C\C/C=C\C/C=C\C/C=C\CC)OC(=O)CCC/C=C\C/C=C\C/C=C\CCCCCCCC. The third-order valence-corrected chi connectivity index (χ3v) is 10.6. The second-order valence-electron chi connectivity index (χ2n) is 17.2. The number of unbranched alkanes of at least 4 members (excludes halogenated alkanes) is 13. The lowest BCUT2D eigenvalue weighted by atomic mass is 10.1. The standard InChI is InChI=1S/C64H96O6/c1-4-7-10-13-16-19-22-25-28-31-32-34-36-39-42-45-48-51-54-57-63(66)69-60-61(59-68-62(65)56-53-50-47-44-41-38-35-30-27-24-21-18-15-12-9-6-3)70-64(67)58-55-52-49-46-43-40-37-33-29-26-23-20-17-14-11-8-5-2/h7,9-10,12-13,16,18-19,21-22,25-32,34,36-42,46,49,61H,4-6,8,11,14-15,17,20,23-24,33,35,43-45,47-48,50-60H2,1-3H3/b10-7-,12-9-,16-13-,21-18-,22-19-,28-25-,29-26-,30-27-,32-31+,36-34-,40-37-,41-38-,42-39-,49-46-. The maximum atomic E-state index is 12.8. The Morgan fingerprint density at radius 2 is 0.643 bits per heavy atom. The first kappa shape index (κ1) is 64.8. The molecule has 0 bridgehead atoms. The van der Waals surface area contributed by atoms with Crippen molar-refractivity contribution in [3.8, 4) is 0 Å². The molecule has 0 aliphatic rings. The van der Waals surface area contributed by atoms with Gasteiger partial charge in [0.1, 0.15) is 13.2 Å². The number of carbonyl (C=O) groups is 3. The highest BCUT2D eigenvalue weighted by Gasteiger charge is 2.19. The minimum atomic E-state index is -0.847. The predicted molar refractivity (Wildman–Crippen MR) is 301 cm³/mol. The number of hydrogen-bond acceptors (Lipinski definition) is 6. The van der Waals surface area contributed by atoms with E-state index in [1.165, 1.54) is 44.9 Å².